The van der Waals surface area contributed by atoms with Gasteiger partial charge >= 0.3 is 0 Å². The number of β-lactam (4-membered cyclic amide) rings is 1. The molecule has 3 heteroatoms. The van der Waals surface area contributed by atoms with Gasteiger partial charge in [-0.15, -0.1) is 0 Å². The molecule has 0 aromatic heterocycles. The first-order chi connectivity index (χ1) is 10.5. The molecule has 0 spiro atoms. The zero-order chi connectivity index (χ0) is 15.7. The van der Waals surface area contributed by atoms with Crippen LogP contribution in [0.3, 0.4) is 0 Å². The van der Waals surface area contributed by atoms with Gasteiger partial charge in [-0.3, -0.25) is 4.79 Å². The van der Waals surface area contributed by atoms with Crippen LogP contribution >= 0.6 is 0 Å². The monoisotopic (exact) mass is 309 g/mol. The highest BCUT2D eigenvalue weighted by molar-refractivity contribution is 6.91. The lowest BCUT2D eigenvalue weighted by molar-refractivity contribution is -0.135. The maximum Gasteiger partial charge on any atom is 0.226 e. The van der Waals surface area contributed by atoms with Crippen molar-refractivity contribution in [2.45, 2.75) is 31.6 Å². The highest BCUT2D eigenvalue weighted by atomic mass is 28.3. The molecule has 2 aromatic carbocycles. The average molecular weight is 309 g/mol. The van der Waals surface area contributed by atoms with Crippen LogP contribution in [0.1, 0.15) is 18.5 Å². The third-order valence-corrected chi connectivity index (χ3v) is 9.77. The quantitative estimate of drug-likeness (QED) is 0.680. The van der Waals surface area contributed by atoms with Crippen LogP contribution in [0.2, 0.25) is 18.6 Å². The highest BCUT2D eigenvalue weighted by Gasteiger charge is 2.49. The molecule has 1 amide bonds. The largest absolute Gasteiger partial charge is 0.348 e. The van der Waals surface area contributed by atoms with Gasteiger partial charge in [-0.05, 0) is 11.1 Å². The number of rotatable bonds is 4. The second-order valence-corrected chi connectivity index (χ2v) is 11.7. The fraction of sp³-hybridized carbons (Fsp3) is 0.316. The Morgan fingerprint density at radius 1 is 0.955 bits per heavy atom. The molecule has 1 heterocycles. The molecule has 3 atom stereocenters. The molecule has 0 bridgehead atoms. The number of hydrogen-bond donors (Lipinski definition) is 1. The fourth-order valence-electron chi connectivity index (χ4n) is 3.44. The summed E-state index contributed by atoms with van der Waals surface area (Å²) in [5, 5.41) is 4.52. The molecular weight excluding hydrogens is 286 g/mol. The topological polar surface area (TPSA) is 29.1 Å². The van der Waals surface area contributed by atoms with Gasteiger partial charge in [0.05, 0.1) is 20.0 Å². The summed E-state index contributed by atoms with van der Waals surface area (Å²) in [5.74, 6) is 0.294. The van der Waals surface area contributed by atoms with Gasteiger partial charge in [-0.2, -0.15) is 0 Å². The Hall–Kier alpha value is -1.87. The van der Waals surface area contributed by atoms with Gasteiger partial charge in [-0.25, -0.2) is 0 Å². The third kappa shape index (κ3) is 2.50. The van der Waals surface area contributed by atoms with Crippen molar-refractivity contribution in [2.24, 2.45) is 5.92 Å². The number of nitrogens with one attached hydrogen (secondary N) is 1. The molecular formula is C19H23NOSi. The van der Waals surface area contributed by atoms with Crippen molar-refractivity contribution in [3.8, 4) is 0 Å². The first-order valence-corrected chi connectivity index (χ1v) is 11.0. The lowest BCUT2D eigenvalue weighted by Crippen LogP contribution is -2.59. The molecule has 22 heavy (non-hydrogen) atoms. The van der Waals surface area contributed by atoms with Gasteiger partial charge < -0.3 is 5.32 Å². The lowest BCUT2D eigenvalue weighted by Gasteiger charge is -2.45. The van der Waals surface area contributed by atoms with E-state index in [0.29, 0.717) is 5.54 Å². The minimum atomic E-state index is -1.69. The molecule has 0 unspecified atom stereocenters. The molecule has 3 rings (SSSR count). The Morgan fingerprint density at radius 2 is 1.50 bits per heavy atom. The summed E-state index contributed by atoms with van der Waals surface area (Å²) in [4.78, 5) is 12.2. The summed E-state index contributed by atoms with van der Waals surface area (Å²) in [6.45, 7) is 7.01. The Bertz CT molecular complexity index is 654. The minimum absolute atomic E-state index is 0.0873. The van der Waals surface area contributed by atoms with Gasteiger partial charge in [0.25, 0.3) is 0 Å². The number of amides is 1. The van der Waals surface area contributed by atoms with Crippen LogP contribution < -0.4 is 10.5 Å². The van der Waals surface area contributed by atoms with Crippen LogP contribution in [0.25, 0.3) is 0 Å². The van der Waals surface area contributed by atoms with Gasteiger partial charge in [0, 0.05) is 0 Å². The van der Waals surface area contributed by atoms with Crippen molar-refractivity contribution < 1.29 is 4.79 Å². The second kappa shape index (κ2) is 5.73. The van der Waals surface area contributed by atoms with Crippen molar-refractivity contribution in [3.05, 3.63) is 66.2 Å². The summed E-state index contributed by atoms with van der Waals surface area (Å²) in [6, 6.07) is 21.2. The van der Waals surface area contributed by atoms with Crippen molar-refractivity contribution in [1.82, 2.24) is 5.32 Å². The first kappa shape index (κ1) is 15.0. The van der Waals surface area contributed by atoms with E-state index in [0.717, 1.165) is 0 Å². The van der Waals surface area contributed by atoms with E-state index in [2.05, 4.69) is 67.8 Å². The second-order valence-electron chi connectivity index (χ2n) is 6.80. The van der Waals surface area contributed by atoms with Gasteiger partial charge in [0.1, 0.15) is 0 Å². The number of benzene rings is 2. The van der Waals surface area contributed by atoms with Crippen molar-refractivity contribution in [2.75, 3.05) is 0 Å². The van der Waals surface area contributed by atoms with Crippen LogP contribution in [0, 0.1) is 5.92 Å². The molecule has 2 nitrogen and oxygen atoms in total. The SMILES string of the molecule is C[C@H]([C@@H]1C(=O)N[C@H]1c1ccccc1)[Si](C)(C)c1ccccc1. The zero-order valence-corrected chi connectivity index (χ0v) is 14.4. The van der Waals surface area contributed by atoms with E-state index in [-0.39, 0.29) is 17.9 Å². The summed E-state index contributed by atoms with van der Waals surface area (Å²) in [7, 11) is -1.69. The van der Waals surface area contributed by atoms with Gasteiger partial charge in [-0.1, -0.05) is 85.9 Å². The zero-order valence-electron chi connectivity index (χ0n) is 13.4. The fourth-order valence-corrected chi connectivity index (χ4v) is 6.26. The number of carbonyl (C=O) groups is 1. The summed E-state index contributed by atoms with van der Waals surface area (Å²) < 4.78 is 0. The van der Waals surface area contributed by atoms with Crippen LogP contribution in [0.4, 0.5) is 0 Å². The highest BCUT2D eigenvalue weighted by Crippen LogP contribution is 2.43. The van der Waals surface area contributed by atoms with Crippen LogP contribution in [0.15, 0.2) is 60.7 Å². The van der Waals surface area contributed by atoms with Crippen molar-refractivity contribution in [1.29, 1.82) is 0 Å². The van der Waals surface area contributed by atoms with E-state index in [9.17, 15) is 4.79 Å². The Labute approximate surface area is 133 Å². The molecule has 0 radical (unpaired) electrons. The molecule has 1 aliphatic heterocycles. The Kier molecular flexibility index (Phi) is 3.91. The molecule has 1 saturated heterocycles. The molecule has 0 saturated carbocycles. The van der Waals surface area contributed by atoms with Crippen LogP contribution in [0.5, 0.6) is 0 Å². The normalized spacial score (nSPS) is 22.6. The van der Waals surface area contributed by atoms with Crippen molar-refractivity contribution in [3.63, 3.8) is 0 Å². The van der Waals surface area contributed by atoms with Crippen molar-refractivity contribution >= 4 is 19.2 Å². The molecule has 1 aliphatic rings. The Balaban J connectivity index is 1.87. The lowest BCUT2D eigenvalue weighted by atomic mass is 9.83. The summed E-state index contributed by atoms with van der Waals surface area (Å²) in [6.07, 6.45) is 0. The minimum Gasteiger partial charge on any atom is -0.348 e. The molecule has 1 fully saturated rings. The smallest absolute Gasteiger partial charge is 0.226 e. The van der Waals surface area contributed by atoms with E-state index >= 15 is 0 Å². The van der Waals surface area contributed by atoms with Gasteiger partial charge in [0.2, 0.25) is 5.91 Å². The van der Waals surface area contributed by atoms with Crippen LogP contribution in [-0.4, -0.2) is 14.0 Å². The van der Waals surface area contributed by atoms with E-state index in [1.54, 1.807) is 0 Å². The number of carbonyl (C=O) groups excluding carboxylic acids is 1. The molecule has 1 N–H and O–H groups in total. The summed E-state index contributed by atoms with van der Waals surface area (Å²) in [5.41, 5.74) is 1.62. The molecule has 2 aromatic rings. The summed E-state index contributed by atoms with van der Waals surface area (Å²) >= 11 is 0. The maximum atomic E-state index is 12.2. The number of hydrogen-bond acceptors (Lipinski definition) is 1. The first-order valence-electron chi connectivity index (χ1n) is 7.92. The standard InChI is InChI=1S/C19H23NOSi/c1-14(22(2,3)16-12-8-5-9-13-16)17-18(20-19(17)21)15-10-6-4-7-11-15/h4-14,17-18H,1-3H3,(H,20,21)/t14-,17+,18+/m1/s1. The third-order valence-electron chi connectivity index (χ3n) is 5.31. The van der Waals surface area contributed by atoms with Gasteiger partial charge in [0.15, 0.2) is 0 Å². The van der Waals surface area contributed by atoms with E-state index in [1.807, 2.05) is 18.2 Å². The molecule has 114 valence electrons. The predicted octanol–water partition coefficient (Wildman–Crippen LogP) is 3.48. The average Bonchev–Trinajstić information content (AvgIpc) is 2.54. The van der Waals surface area contributed by atoms with E-state index in [1.165, 1.54) is 10.8 Å². The predicted molar refractivity (Wildman–Crippen MR) is 93.8 cm³/mol. The van der Waals surface area contributed by atoms with E-state index < -0.39 is 8.07 Å². The van der Waals surface area contributed by atoms with E-state index in [4.69, 9.17) is 0 Å². The Morgan fingerprint density at radius 3 is 2.05 bits per heavy atom. The molecule has 0 aliphatic carbocycles. The maximum absolute atomic E-state index is 12.2. The van der Waals surface area contributed by atoms with Crippen LogP contribution in [-0.2, 0) is 4.79 Å².